The van der Waals surface area contributed by atoms with Gasteiger partial charge in [0.2, 0.25) is 5.78 Å². The van der Waals surface area contributed by atoms with Gasteiger partial charge < -0.3 is 10.4 Å². The van der Waals surface area contributed by atoms with Crippen LogP contribution in [0.15, 0.2) is 42.2 Å². The minimum Gasteiger partial charge on any atom is -0.393 e. The van der Waals surface area contributed by atoms with Gasteiger partial charge in [-0.1, -0.05) is 17.7 Å². The maximum atomic E-state index is 13.6. The summed E-state index contributed by atoms with van der Waals surface area (Å²) < 4.78 is 26.9. The summed E-state index contributed by atoms with van der Waals surface area (Å²) in [5.41, 5.74) is 3.74. The molecule has 3 heterocycles. The van der Waals surface area contributed by atoms with Gasteiger partial charge in [0.25, 0.3) is 0 Å². The van der Waals surface area contributed by atoms with Crippen molar-refractivity contribution in [2.45, 2.75) is 37.5 Å². The highest BCUT2D eigenvalue weighted by molar-refractivity contribution is 7.84. The molecule has 0 unspecified atom stereocenters. The molecule has 202 valence electrons. The number of aromatic nitrogens is 2. The lowest BCUT2D eigenvalue weighted by Crippen LogP contribution is -2.32. The van der Waals surface area contributed by atoms with E-state index in [9.17, 15) is 18.3 Å². The Morgan fingerprint density at radius 3 is 2.95 bits per heavy atom. The van der Waals surface area contributed by atoms with Gasteiger partial charge in [0.1, 0.15) is 12.1 Å². The molecule has 0 radical (unpaired) electrons. The van der Waals surface area contributed by atoms with Crippen molar-refractivity contribution in [2.75, 3.05) is 25.5 Å². The summed E-state index contributed by atoms with van der Waals surface area (Å²) in [6.07, 6.45) is 3.76. The van der Waals surface area contributed by atoms with Crippen molar-refractivity contribution in [2.24, 2.45) is 11.1 Å². The number of anilines is 1. The standard InChI is InChI=1S/C25H28ClN5O5S2/c1-31-5-4-14-2-3-17(26)8-19(14)23(31)16-7-22(37-12-16)24(33)20-10-28-13-29-25(20)30-18-6-15(21(32)9-18)11-36-38(27,34)35/h2-3,7-8,10,12-13,15,18,21,23,32H,4-6,9,11H2,1H3,(H2,27,34,35)(H,28,29,30)/t15-,18-,21+,23+/m1/s1. The van der Waals surface area contributed by atoms with Crippen LogP contribution < -0.4 is 10.5 Å². The van der Waals surface area contributed by atoms with Crippen molar-refractivity contribution in [1.29, 1.82) is 0 Å². The first kappa shape index (κ1) is 27.1. The number of carbonyl (C=O) groups excluding carboxylic acids is 1. The number of nitrogens with zero attached hydrogens (tertiary/aromatic N) is 3. The molecule has 3 aromatic rings. The number of aliphatic hydroxyl groups excluding tert-OH is 1. The number of hydrogen-bond donors (Lipinski definition) is 3. The van der Waals surface area contributed by atoms with Crippen LogP contribution in [0.3, 0.4) is 0 Å². The van der Waals surface area contributed by atoms with Crippen molar-refractivity contribution in [1.82, 2.24) is 14.9 Å². The average molecular weight is 578 g/mol. The molecule has 38 heavy (non-hydrogen) atoms. The maximum Gasteiger partial charge on any atom is 0.333 e. The quantitative estimate of drug-likeness (QED) is 0.344. The molecule has 5 rings (SSSR count). The summed E-state index contributed by atoms with van der Waals surface area (Å²) in [6.45, 7) is 0.686. The van der Waals surface area contributed by atoms with Gasteiger partial charge >= 0.3 is 10.3 Å². The number of aliphatic hydroxyl groups is 1. The zero-order valence-corrected chi connectivity index (χ0v) is 23.0. The summed E-state index contributed by atoms with van der Waals surface area (Å²) >= 11 is 7.68. The number of likely N-dealkylation sites (N-methyl/N-ethyl adjacent to an activating group) is 1. The topological polar surface area (TPSA) is 148 Å². The van der Waals surface area contributed by atoms with E-state index in [-0.39, 0.29) is 24.5 Å². The highest BCUT2D eigenvalue weighted by atomic mass is 35.5. The Bertz CT molecular complexity index is 1450. The molecule has 2 aromatic heterocycles. The van der Waals surface area contributed by atoms with Gasteiger partial charge in [-0.2, -0.15) is 8.42 Å². The molecule has 13 heteroatoms. The van der Waals surface area contributed by atoms with Gasteiger partial charge in [-0.15, -0.1) is 11.3 Å². The number of nitrogens with one attached hydrogen (secondary N) is 1. The molecular weight excluding hydrogens is 550 g/mol. The van der Waals surface area contributed by atoms with Gasteiger partial charge in [0.05, 0.1) is 29.2 Å². The van der Waals surface area contributed by atoms with Crippen LogP contribution in [0.1, 0.15) is 50.8 Å². The Kier molecular flexibility index (Phi) is 7.83. The first-order chi connectivity index (χ1) is 18.1. The number of thiophene rings is 1. The van der Waals surface area contributed by atoms with Crippen LogP contribution in [-0.4, -0.2) is 66.5 Å². The smallest absolute Gasteiger partial charge is 0.333 e. The third-order valence-corrected chi connectivity index (χ3v) is 8.78. The largest absolute Gasteiger partial charge is 0.393 e. The second-order valence-corrected chi connectivity index (χ2v) is 12.3. The molecule has 10 nitrogen and oxygen atoms in total. The molecule has 0 amide bonds. The van der Waals surface area contributed by atoms with Crippen molar-refractivity contribution in [3.05, 3.63) is 74.3 Å². The zero-order valence-electron chi connectivity index (χ0n) is 20.6. The van der Waals surface area contributed by atoms with Crippen LogP contribution >= 0.6 is 22.9 Å². The zero-order chi connectivity index (χ0) is 27.0. The summed E-state index contributed by atoms with van der Waals surface area (Å²) in [6, 6.07) is 7.66. The van der Waals surface area contributed by atoms with E-state index in [4.69, 9.17) is 16.7 Å². The third kappa shape index (κ3) is 5.91. The fourth-order valence-corrected chi connectivity index (χ4v) is 6.70. The maximum absolute atomic E-state index is 13.6. The first-order valence-corrected chi connectivity index (χ1v) is 14.9. The predicted octanol–water partition coefficient (Wildman–Crippen LogP) is 2.77. The Morgan fingerprint density at radius 2 is 2.16 bits per heavy atom. The minimum absolute atomic E-state index is 0.00340. The van der Waals surface area contributed by atoms with Crippen LogP contribution in [0, 0.1) is 5.92 Å². The van der Waals surface area contributed by atoms with Gasteiger partial charge in [-0.3, -0.25) is 13.9 Å². The highest BCUT2D eigenvalue weighted by Gasteiger charge is 2.35. The second kappa shape index (κ2) is 11.0. The fraction of sp³-hybridized carbons (Fsp3) is 0.400. The van der Waals surface area contributed by atoms with E-state index < -0.39 is 22.3 Å². The van der Waals surface area contributed by atoms with E-state index in [1.165, 1.54) is 29.4 Å². The lowest BCUT2D eigenvalue weighted by molar-refractivity contribution is 0.101. The Balaban J connectivity index is 1.34. The van der Waals surface area contributed by atoms with Gasteiger partial charge in [0, 0.05) is 29.7 Å². The van der Waals surface area contributed by atoms with Crippen molar-refractivity contribution in [3.8, 4) is 0 Å². The van der Waals surface area contributed by atoms with E-state index in [0.717, 1.165) is 24.1 Å². The van der Waals surface area contributed by atoms with Crippen molar-refractivity contribution < 1.29 is 22.5 Å². The van der Waals surface area contributed by atoms with Crippen LogP contribution in [0.4, 0.5) is 5.82 Å². The number of fused-ring (bicyclic) bond motifs is 1. The number of hydrogen-bond acceptors (Lipinski definition) is 10. The number of nitrogens with two attached hydrogens (primary N) is 1. The Morgan fingerprint density at radius 1 is 1.34 bits per heavy atom. The van der Waals surface area contributed by atoms with E-state index in [1.54, 1.807) is 0 Å². The Hall–Kier alpha value is -2.45. The minimum atomic E-state index is -4.09. The molecule has 1 aromatic carbocycles. The molecule has 0 spiro atoms. The summed E-state index contributed by atoms with van der Waals surface area (Å²) in [7, 11) is -2.03. The molecule has 2 aliphatic rings. The molecular formula is C25H28ClN5O5S2. The molecule has 1 aliphatic carbocycles. The molecule has 4 N–H and O–H groups in total. The summed E-state index contributed by atoms with van der Waals surface area (Å²) in [4.78, 5) is 24.7. The number of halogens is 1. The lowest BCUT2D eigenvalue weighted by atomic mass is 9.89. The van der Waals surface area contributed by atoms with Crippen LogP contribution in [0.5, 0.6) is 0 Å². The molecule has 0 saturated heterocycles. The van der Waals surface area contributed by atoms with E-state index in [0.29, 0.717) is 34.1 Å². The van der Waals surface area contributed by atoms with Crippen molar-refractivity contribution >= 4 is 44.8 Å². The number of benzene rings is 1. The number of ketones is 1. The molecule has 4 atom stereocenters. The second-order valence-electron chi connectivity index (χ2n) is 9.75. The number of carbonyl (C=O) groups is 1. The van der Waals surface area contributed by atoms with Crippen LogP contribution in [0.25, 0.3) is 0 Å². The monoisotopic (exact) mass is 577 g/mol. The average Bonchev–Trinajstić information content (AvgIpc) is 3.48. The summed E-state index contributed by atoms with van der Waals surface area (Å²) in [5, 5.41) is 21.2. The third-order valence-electron chi connectivity index (χ3n) is 7.14. The highest BCUT2D eigenvalue weighted by Crippen LogP contribution is 2.38. The van der Waals surface area contributed by atoms with Crippen molar-refractivity contribution in [3.63, 3.8) is 0 Å². The SMILES string of the molecule is CN1CCc2ccc(Cl)cc2[C@@H]1c1csc(C(=O)c2cncnc2N[C@@H]2C[C@H](COS(N)(=O)=O)[C@@H](O)C2)c1. The molecule has 0 bridgehead atoms. The Labute approximate surface area is 230 Å². The van der Waals surface area contributed by atoms with E-state index >= 15 is 0 Å². The van der Waals surface area contributed by atoms with E-state index in [1.807, 2.05) is 23.6 Å². The van der Waals surface area contributed by atoms with E-state index in [2.05, 4.69) is 37.5 Å². The van der Waals surface area contributed by atoms with Gasteiger partial charge in [0.15, 0.2) is 0 Å². The van der Waals surface area contributed by atoms with Gasteiger partial charge in [-0.25, -0.2) is 15.1 Å². The first-order valence-electron chi connectivity index (χ1n) is 12.1. The molecule has 1 aliphatic heterocycles. The lowest BCUT2D eigenvalue weighted by Gasteiger charge is -2.34. The molecule has 1 fully saturated rings. The predicted molar refractivity (Wildman–Crippen MR) is 145 cm³/mol. The van der Waals surface area contributed by atoms with Crippen LogP contribution in [0.2, 0.25) is 5.02 Å². The van der Waals surface area contributed by atoms with Gasteiger partial charge in [-0.05, 0) is 66.6 Å². The summed E-state index contributed by atoms with van der Waals surface area (Å²) in [5.74, 6) is -0.269. The number of rotatable bonds is 8. The fourth-order valence-electron chi connectivity index (χ4n) is 5.28. The van der Waals surface area contributed by atoms with Crippen LogP contribution in [-0.2, 0) is 20.9 Å². The normalized spacial score (nSPS) is 23.8. The molecule has 1 saturated carbocycles.